The first kappa shape index (κ1) is 25.7. The maximum absolute atomic E-state index is 11.0. The standard InChI is InChI=1S/C27H18I2N4O3/c1-13-18(23-14(2)20(11-31)26(32)33-24(23)19(13)10-30)7-16-8-21(28)25(22(29)9-16)36-12-15-3-5-17(6-4-15)27(34)35/h3-9H,12H2,1-2H3,(H2,32,33)(H,34,35)/b18-7-. The van der Waals surface area contributed by atoms with Gasteiger partial charge in [0.25, 0.3) is 0 Å². The number of allylic oxidation sites excluding steroid dienone is 3. The molecule has 7 nitrogen and oxygen atoms in total. The van der Waals surface area contributed by atoms with Crippen molar-refractivity contribution in [2.45, 2.75) is 20.5 Å². The number of aromatic nitrogens is 1. The monoisotopic (exact) mass is 700 g/mol. The fraction of sp³-hybridized carbons (Fsp3) is 0.111. The second-order valence-corrected chi connectivity index (χ2v) is 10.4. The van der Waals surface area contributed by atoms with E-state index in [4.69, 9.17) is 15.6 Å². The summed E-state index contributed by atoms with van der Waals surface area (Å²) in [4.78, 5) is 15.4. The summed E-state index contributed by atoms with van der Waals surface area (Å²) >= 11 is 4.44. The van der Waals surface area contributed by atoms with Gasteiger partial charge in [0.15, 0.2) is 0 Å². The summed E-state index contributed by atoms with van der Waals surface area (Å²) in [6, 6.07) is 14.9. The van der Waals surface area contributed by atoms with Gasteiger partial charge in [0.2, 0.25) is 0 Å². The molecule has 1 aliphatic rings. The van der Waals surface area contributed by atoms with Crippen LogP contribution in [-0.4, -0.2) is 16.1 Å². The molecule has 0 radical (unpaired) electrons. The summed E-state index contributed by atoms with van der Waals surface area (Å²) in [7, 11) is 0. The Morgan fingerprint density at radius 2 is 1.78 bits per heavy atom. The SMILES string of the molecule is CC1=C(C#N)c2nc(N)c(C#N)c(C)c2/C1=C\c1cc(I)c(OCc2ccc(C(=O)O)cc2)c(I)c1. The van der Waals surface area contributed by atoms with Crippen molar-refractivity contribution in [1.82, 2.24) is 4.98 Å². The molecule has 4 rings (SSSR count). The van der Waals surface area contributed by atoms with Crippen LogP contribution in [0.25, 0.3) is 17.2 Å². The zero-order chi connectivity index (χ0) is 26.1. The Bertz CT molecular complexity index is 1550. The first-order valence-electron chi connectivity index (χ1n) is 10.6. The van der Waals surface area contributed by atoms with E-state index >= 15 is 0 Å². The molecule has 1 heterocycles. The summed E-state index contributed by atoms with van der Waals surface area (Å²) in [6.07, 6.45) is 1.99. The van der Waals surface area contributed by atoms with Crippen molar-refractivity contribution in [2.75, 3.05) is 5.73 Å². The van der Waals surface area contributed by atoms with E-state index in [0.717, 1.165) is 40.7 Å². The first-order valence-corrected chi connectivity index (χ1v) is 12.8. The third-order valence-electron chi connectivity index (χ3n) is 5.90. The Morgan fingerprint density at radius 1 is 1.14 bits per heavy atom. The molecule has 0 amide bonds. The Morgan fingerprint density at radius 3 is 2.33 bits per heavy atom. The number of nitrogens with two attached hydrogens (primary N) is 1. The number of fused-ring (bicyclic) bond motifs is 1. The summed E-state index contributed by atoms with van der Waals surface area (Å²) in [5.74, 6) is -0.111. The third kappa shape index (κ3) is 4.68. The molecule has 0 atom stereocenters. The number of carbonyl (C=O) groups is 1. The van der Waals surface area contributed by atoms with Crippen molar-refractivity contribution in [3.05, 3.63) is 88.2 Å². The number of pyridine rings is 1. The van der Waals surface area contributed by atoms with E-state index in [0.29, 0.717) is 29.0 Å². The van der Waals surface area contributed by atoms with E-state index in [1.807, 2.05) is 32.1 Å². The molecule has 0 saturated carbocycles. The predicted octanol–water partition coefficient (Wildman–Crippen LogP) is 6.18. The Labute approximate surface area is 235 Å². The fourth-order valence-corrected chi connectivity index (χ4v) is 6.19. The number of benzene rings is 2. The molecule has 0 fully saturated rings. The highest BCUT2D eigenvalue weighted by Gasteiger charge is 2.29. The number of carboxylic acids is 1. The van der Waals surface area contributed by atoms with Crippen molar-refractivity contribution >= 4 is 74.2 Å². The minimum absolute atomic E-state index is 0.124. The van der Waals surface area contributed by atoms with Gasteiger partial charge in [-0.15, -0.1) is 0 Å². The molecule has 3 aromatic rings. The number of nitrogen functional groups attached to an aromatic ring is 1. The highest BCUT2D eigenvalue weighted by molar-refractivity contribution is 14.1. The number of halogens is 2. The summed E-state index contributed by atoms with van der Waals surface area (Å²) in [5.41, 5.74) is 12.3. The number of nitrogens with zero attached hydrogens (tertiary/aromatic N) is 3. The van der Waals surface area contributed by atoms with Crippen LogP contribution in [0, 0.1) is 36.7 Å². The van der Waals surface area contributed by atoms with Crippen molar-refractivity contribution in [3.63, 3.8) is 0 Å². The van der Waals surface area contributed by atoms with Crippen molar-refractivity contribution in [3.8, 4) is 17.9 Å². The predicted molar refractivity (Wildman–Crippen MR) is 154 cm³/mol. The lowest BCUT2D eigenvalue weighted by atomic mass is 9.95. The van der Waals surface area contributed by atoms with Crippen LogP contribution < -0.4 is 10.5 Å². The van der Waals surface area contributed by atoms with Gasteiger partial charge in [0.1, 0.15) is 30.3 Å². The smallest absolute Gasteiger partial charge is 0.335 e. The first-order chi connectivity index (χ1) is 17.2. The van der Waals surface area contributed by atoms with Gasteiger partial charge >= 0.3 is 5.97 Å². The van der Waals surface area contributed by atoms with E-state index in [9.17, 15) is 15.3 Å². The minimum Gasteiger partial charge on any atom is -0.487 e. The number of hydrogen-bond donors (Lipinski definition) is 2. The molecule has 3 N–H and O–H groups in total. The molecule has 0 saturated heterocycles. The molecule has 1 aromatic heterocycles. The molecule has 178 valence electrons. The highest BCUT2D eigenvalue weighted by Crippen LogP contribution is 2.44. The average molecular weight is 700 g/mol. The van der Waals surface area contributed by atoms with E-state index in [2.05, 4.69) is 62.3 Å². The largest absolute Gasteiger partial charge is 0.487 e. The molecule has 0 aliphatic heterocycles. The normalized spacial score (nSPS) is 13.3. The van der Waals surface area contributed by atoms with Gasteiger partial charge in [0.05, 0.1) is 29.5 Å². The maximum atomic E-state index is 11.0. The van der Waals surface area contributed by atoms with Crippen LogP contribution in [0.2, 0.25) is 0 Å². The number of carboxylic acid groups (broad SMARTS) is 1. The quantitative estimate of drug-likeness (QED) is 0.304. The molecule has 0 spiro atoms. The van der Waals surface area contributed by atoms with Crippen molar-refractivity contribution in [2.24, 2.45) is 0 Å². The van der Waals surface area contributed by atoms with Gasteiger partial charge in [-0.3, -0.25) is 0 Å². The van der Waals surface area contributed by atoms with Gasteiger partial charge in [-0.05, 0) is 117 Å². The average Bonchev–Trinajstić information content (AvgIpc) is 3.09. The zero-order valence-electron chi connectivity index (χ0n) is 19.2. The second kappa shape index (κ2) is 10.3. The highest BCUT2D eigenvalue weighted by atomic mass is 127. The lowest BCUT2D eigenvalue weighted by Crippen LogP contribution is -2.04. The number of ether oxygens (including phenoxy) is 1. The van der Waals surface area contributed by atoms with Crippen LogP contribution in [0.4, 0.5) is 5.82 Å². The van der Waals surface area contributed by atoms with Gasteiger partial charge in [0, 0.05) is 5.56 Å². The Kier molecular flexibility index (Phi) is 7.33. The van der Waals surface area contributed by atoms with Crippen LogP contribution in [0.15, 0.2) is 42.0 Å². The van der Waals surface area contributed by atoms with Crippen LogP contribution in [-0.2, 0) is 6.61 Å². The van der Waals surface area contributed by atoms with Gasteiger partial charge < -0.3 is 15.6 Å². The fourth-order valence-electron chi connectivity index (χ4n) is 4.06. The second-order valence-electron chi connectivity index (χ2n) is 8.11. The molecule has 0 bridgehead atoms. The van der Waals surface area contributed by atoms with E-state index in [1.54, 1.807) is 24.3 Å². The van der Waals surface area contributed by atoms with Crippen LogP contribution in [0.5, 0.6) is 5.75 Å². The lowest BCUT2D eigenvalue weighted by molar-refractivity contribution is 0.0697. The van der Waals surface area contributed by atoms with E-state index in [1.165, 1.54) is 0 Å². The topological polar surface area (TPSA) is 133 Å². The molecular weight excluding hydrogens is 682 g/mol. The number of anilines is 1. The molecule has 36 heavy (non-hydrogen) atoms. The van der Waals surface area contributed by atoms with E-state index < -0.39 is 5.97 Å². The summed E-state index contributed by atoms with van der Waals surface area (Å²) in [5, 5.41) is 28.4. The maximum Gasteiger partial charge on any atom is 0.335 e. The van der Waals surface area contributed by atoms with Gasteiger partial charge in [-0.25, -0.2) is 9.78 Å². The van der Waals surface area contributed by atoms with Crippen molar-refractivity contribution in [1.29, 1.82) is 10.5 Å². The number of aromatic carboxylic acids is 1. The molecule has 0 unspecified atom stereocenters. The summed E-state index contributed by atoms with van der Waals surface area (Å²) < 4.78 is 7.86. The van der Waals surface area contributed by atoms with Crippen molar-refractivity contribution < 1.29 is 14.6 Å². The Balaban J connectivity index is 1.69. The summed E-state index contributed by atoms with van der Waals surface area (Å²) in [6.45, 7) is 4.00. The van der Waals surface area contributed by atoms with Gasteiger partial charge in [-0.2, -0.15) is 10.5 Å². The van der Waals surface area contributed by atoms with E-state index in [-0.39, 0.29) is 11.4 Å². The lowest BCUT2D eigenvalue weighted by Gasteiger charge is -2.13. The molecule has 1 aliphatic carbocycles. The van der Waals surface area contributed by atoms with Crippen LogP contribution in [0.1, 0.15) is 50.8 Å². The van der Waals surface area contributed by atoms with Crippen LogP contribution in [0.3, 0.4) is 0 Å². The van der Waals surface area contributed by atoms with Gasteiger partial charge in [-0.1, -0.05) is 12.1 Å². The third-order valence-corrected chi connectivity index (χ3v) is 7.50. The molecule has 2 aromatic carbocycles. The Hall–Kier alpha value is -3.42. The number of nitriles is 2. The number of hydrogen-bond acceptors (Lipinski definition) is 6. The molecular formula is C27H18I2N4O3. The number of rotatable bonds is 5. The minimum atomic E-state index is -0.966. The zero-order valence-corrected chi connectivity index (χ0v) is 23.5. The molecule has 9 heteroatoms. The van der Waals surface area contributed by atoms with Crippen LogP contribution >= 0.6 is 45.2 Å².